The third kappa shape index (κ3) is 1.20. The minimum atomic E-state index is -0.639. The number of fused-ring (bicyclic) bond motifs is 10. The minimum Gasteiger partial charge on any atom is -0.365 e. The van der Waals surface area contributed by atoms with Gasteiger partial charge in [0.2, 0.25) is 0 Å². The van der Waals surface area contributed by atoms with Crippen molar-refractivity contribution in [3.63, 3.8) is 0 Å². The second-order valence-electron chi connectivity index (χ2n) is 6.98. The third-order valence-corrected chi connectivity index (χ3v) is 5.97. The molecule has 122 valence electrons. The Labute approximate surface area is 135 Å². The van der Waals surface area contributed by atoms with Gasteiger partial charge in [0, 0.05) is 0 Å². The minimum absolute atomic E-state index is 0.449. The van der Waals surface area contributed by atoms with E-state index in [1.165, 1.54) is 0 Å². The van der Waals surface area contributed by atoms with Gasteiger partial charge in [0.15, 0.2) is 0 Å². The predicted molar refractivity (Wildman–Crippen MR) is 73.3 cm³/mol. The van der Waals surface area contributed by atoms with Gasteiger partial charge in [-0.3, -0.25) is 19.2 Å². The van der Waals surface area contributed by atoms with Gasteiger partial charge in [-0.25, -0.2) is 0 Å². The third-order valence-electron chi connectivity index (χ3n) is 5.97. The molecule has 24 heavy (non-hydrogen) atoms. The van der Waals surface area contributed by atoms with Gasteiger partial charge in [0.05, 0.1) is 48.1 Å². The largest absolute Gasteiger partial charge is 0.365 e. The lowest BCUT2D eigenvalue weighted by Gasteiger charge is -2.26. The summed E-state index contributed by atoms with van der Waals surface area (Å²) in [5.74, 6) is -4.65. The molecule has 0 aromatic heterocycles. The molecule has 0 aliphatic carbocycles. The van der Waals surface area contributed by atoms with Crippen LogP contribution in [0.15, 0.2) is 24.3 Å². The van der Waals surface area contributed by atoms with Crippen LogP contribution in [-0.2, 0) is 28.7 Å². The van der Waals surface area contributed by atoms with Crippen LogP contribution in [0, 0.1) is 23.7 Å². The number of hydrogen-bond donors (Lipinski definition) is 0. The van der Waals surface area contributed by atoms with Crippen molar-refractivity contribution in [2.75, 3.05) is 0 Å². The van der Waals surface area contributed by atoms with E-state index in [2.05, 4.69) is 0 Å². The zero-order valence-corrected chi connectivity index (χ0v) is 12.3. The van der Waals surface area contributed by atoms with Crippen LogP contribution in [0.5, 0.6) is 0 Å². The summed E-state index contributed by atoms with van der Waals surface area (Å²) in [5.41, 5.74) is 0. The molecule has 4 fully saturated rings. The van der Waals surface area contributed by atoms with Crippen LogP contribution < -0.4 is 0 Å². The number of hydrogen-bond acceptors (Lipinski definition) is 6. The van der Waals surface area contributed by atoms with Crippen LogP contribution in [0.3, 0.4) is 0 Å². The van der Waals surface area contributed by atoms with Gasteiger partial charge in [0.25, 0.3) is 23.6 Å². The van der Waals surface area contributed by atoms with E-state index in [1.807, 2.05) is 0 Å². The maximum absolute atomic E-state index is 12.8. The molecule has 6 heterocycles. The number of carbonyl (C=O) groups is 4. The zero-order chi connectivity index (χ0) is 16.3. The second-order valence-corrected chi connectivity index (χ2v) is 6.98. The van der Waals surface area contributed by atoms with Crippen molar-refractivity contribution >= 4 is 23.6 Å². The lowest BCUT2D eigenvalue weighted by Crippen LogP contribution is -2.52. The Morgan fingerprint density at radius 3 is 1.04 bits per heavy atom. The van der Waals surface area contributed by atoms with Gasteiger partial charge in [-0.15, -0.1) is 0 Å². The lowest BCUT2D eigenvalue weighted by molar-refractivity contribution is -0.176. The maximum atomic E-state index is 12.8. The Morgan fingerprint density at radius 1 is 0.542 bits per heavy atom. The highest BCUT2D eigenvalue weighted by Crippen LogP contribution is 2.49. The average Bonchev–Trinajstić information content (AvgIpc) is 3.36. The molecule has 4 bridgehead atoms. The van der Waals surface area contributed by atoms with E-state index < -0.39 is 71.7 Å². The molecule has 8 atom stereocenters. The van der Waals surface area contributed by atoms with Crippen LogP contribution in [0.2, 0.25) is 0 Å². The summed E-state index contributed by atoms with van der Waals surface area (Å²) in [6.07, 6.45) is 5.26. The summed E-state index contributed by atoms with van der Waals surface area (Å²) in [7, 11) is 0. The van der Waals surface area contributed by atoms with Crippen LogP contribution in [-0.4, -0.2) is 58.1 Å². The van der Waals surface area contributed by atoms with E-state index >= 15 is 0 Å². The molecule has 0 N–H and O–H groups in total. The standard InChI is InChI=1S/C16H12N2O6/c19-13-9-5-1-2-6(23-5)10(9)14(20)17(13)18-15(21)11-7-3-4-8(24-7)12(11)16(18)22/h1-12H/t5?,6?,7?,8?,9-,10-,11-,12-/m0/s1. The Kier molecular flexibility index (Phi) is 2.08. The quantitative estimate of drug-likeness (QED) is 0.442. The number of carbonyl (C=O) groups excluding carboxylic acids is 4. The molecule has 0 spiro atoms. The monoisotopic (exact) mass is 328 g/mol. The summed E-state index contributed by atoms with van der Waals surface area (Å²) < 4.78 is 11.1. The SMILES string of the molecule is O=C1[C@H]2C3C=CC(O3)[C@@H]2C(=O)N1N1C(=O)[C@H]2C3C=CC(O3)[C@@H]2C1=O. The number of rotatable bonds is 1. The molecule has 6 rings (SSSR count). The smallest absolute Gasteiger partial charge is 0.255 e. The lowest BCUT2D eigenvalue weighted by atomic mass is 9.85. The van der Waals surface area contributed by atoms with Gasteiger partial charge < -0.3 is 9.47 Å². The molecule has 4 amide bonds. The fraction of sp³-hybridized carbons (Fsp3) is 0.500. The van der Waals surface area contributed by atoms with Crippen molar-refractivity contribution in [2.45, 2.75) is 24.4 Å². The number of hydrazine groups is 1. The molecule has 4 saturated heterocycles. The van der Waals surface area contributed by atoms with Crippen LogP contribution in [0.4, 0.5) is 0 Å². The van der Waals surface area contributed by atoms with Gasteiger partial charge >= 0.3 is 0 Å². The molecular weight excluding hydrogens is 316 g/mol. The molecule has 8 nitrogen and oxygen atoms in total. The Morgan fingerprint density at radius 2 is 0.792 bits per heavy atom. The van der Waals surface area contributed by atoms with E-state index in [0.717, 1.165) is 10.0 Å². The Balaban J connectivity index is 1.39. The molecular formula is C16H12N2O6. The topological polar surface area (TPSA) is 93.2 Å². The van der Waals surface area contributed by atoms with Crippen LogP contribution in [0.25, 0.3) is 0 Å². The van der Waals surface area contributed by atoms with E-state index in [-0.39, 0.29) is 0 Å². The highest BCUT2D eigenvalue weighted by atomic mass is 16.5. The van der Waals surface area contributed by atoms with Crippen molar-refractivity contribution < 1.29 is 28.7 Å². The van der Waals surface area contributed by atoms with Crippen LogP contribution >= 0.6 is 0 Å². The molecule has 6 aliphatic heterocycles. The number of amides is 4. The van der Waals surface area contributed by atoms with E-state index in [9.17, 15) is 19.2 Å². The number of ether oxygens (including phenoxy) is 2. The summed E-state index contributed by atoms with van der Waals surface area (Å²) in [6.45, 7) is 0. The van der Waals surface area contributed by atoms with Gasteiger partial charge in [-0.05, 0) is 0 Å². The molecule has 0 aromatic carbocycles. The van der Waals surface area contributed by atoms with E-state index in [0.29, 0.717) is 0 Å². The first-order valence-electron chi connectivity index (χ1n) is 8.01. The van der Waals surface area contributed by atoms with Gasteiger partial charge in [-0.1, -0.05) is 24.3 Å². The highest BCUT2D eigenvalue weighted by Gasteiger charge is 2.68. The molecule has 0 aromatic rings. The molecule has 6 aliphatic rings. The fourth-order valence-corrected chi connectivity index (χ4v) is 4.97. The van der Waals surface area contributed by atoms with Crippen molar-refractivity contribution in [3.05, 3.63) is 24.3 Å². The summed E-state index contributed by atoms with van der Waals surface area (Å²) in [6, 6.07) is 0. The highest BCUT2D eigenvalue weighted by molar-refractivity contribution is 6.14. The number of nitrogens with zero attached hydrogens (tertiary/aromatic N) is 2. The van der Waals surface area contributed by atoms with Crippen molar-refractivity contribution in [1.29, 1.82) is 0 Å². The molecule has 8 heteroatoms. The summed E-state index contributed by atoms with van der Waals surface area (Å²) in [4.78, 5) is 51.0. The predicted octanol–water partition coefficient (Wildman–Crippen LogP) is -1.22. The van der Waals surface area contributed by atoms with Gasteiger partial charge in [-0.2, -0.15) is 10.0 Å². The van der Waals surface area contributed by atoms with Crippen molar-refractivity contribution in [3.8, 4) is 0 Å². The first-order valence-corrected chi connectivity index (χ1v) is 8.01. The summed E-state index contributed by atoms with van der Waals surface area (Å²) in [5, 5.41) is 1.54. The van der Waals surface area contributed by atoms with Crippen molar-refractivity contribution in [2.24, 2.45) is 23.7 Å². The Hall–Kier alpha value is -2.32. The first kappa shape index (κ1) is 13.0. The second kappa shape index (κ2) is 3.84. The average molecular weight is 328 g/mol. The van der Waals surface area contributed by atoms with Crippen LogP contribution in [0.1, 0.15) is 0 Å². The van der Waals surface area contributed by atoms with Crippen molar-refractivity contribution in [1.82, 2.24) is 10.0 Å². The van der Waals surface area contributed by atoms with Gasteiger partial charge in [0.1, 0.15) is 0 Å². The normalized spacial score (nSPS) is 50.0. The van der Waals surface area contributed by atoms with E-state index in [4.69, 9.17) is 9.47 Å². The van der Waals surface area contributed by atoms with E-state index in [1.54, 1.807) is 24.3 Å². The zero-order valence-electron chi connectivity index (χ0n) is 12.3. The molecule has 0 saturated carbocycles. The molecule has 0 radical (unpaired) electrons. The molecule has 4 unspecified atom stereocenters. The fourth-order valence-electron chi connectivity index (χ4n) is 4.97. The maximum Gasteiger partial charge on any atom is 0.255 e. The summed E-state index contributed by atoms with van der Waals surface area (Å²) >= 11 is 0. The first-order chi connectivity index (χ1) is 11.6. The Bertz CT molecular complexity index is 676. The number of imide groups is 2.